The topological polar surface area (TPSA) is 53.1 Å². The lowest BCUT2D eigenvalue weighted by atomic mass is 10.2. The molecule has 0 fully saturated rings. The molecular formula is C17H19N3O. The molecule has 0 saturated carbocycles. The average Bonchev–Trinajstić information content (AvgIpc) is 2.82. The maximum atomic E-state index is 5.86. The molecule has 1 aromatic heterocycles. The van der Waals surface area contributed by atoms with Gasteiger partial charge >= 0.3 is 0 Å². The third kappa shape index (κ3) is 2.57. The lowest BCUT2D eigenvalue weighted by Crippen LogP contribution is -1.95. The lowest BCUT2D eigenvalue weighted by Gasteiger charge is -2.04. The van der Waals surface area contributed by atoms with Gasteiger partial charge in [0.1, 0.15) is 11.6 Å². The van der Waals surface area contributed by atoms with Gasteiger partial charge in [-0.3, -0.25) is 0 Å². The van der Waals surface area contributed by atoms with Crippen molar-refractivity contribution in [2.24, 2.45) is 7.05 Å². The Labute approximate surface area is 124 Å². The number of aryl methyl sites for hydroxylation is 1. The highest BCUT2D eigenvalue weighted by atomic mass is 16.5. The minimum Gasteiger partial charge on any atom is -0.494 e. The molecule has 0 unspecified atom stereocenters. The second-order valence-electron chi connectivity index (χ2n) is 5.12. The number of ether oxygens (including phenoxy) is 1. The predicted molar refractivity (Wildman–Crippen MR) is 86.3 cm³/mol. The van der Waals surface area contributed by atoms with Crippen LogP contribution < -0.4 is 10.5 Å². The number of fused-ring (bicyclic) bond motifs is 1. The minimum absolute atomic E-state index is 0.723. The fraction of sp³-hybridized carbons (Fsp3) is 0.235. The number of hydrogen-bond donors (Lipinski definition) is 1. The lowest BCUT2D eigenvalue weighted by molar-refractivity contribution is 0.318. The molecule has 4 heteroatoms. The van der Waals surface area contributed by atoms with Crippen molar-refractivity contribution in [3.63, 3.8) is 0 Å². The zero-order valence-electron chi connectivity index (χ0n) is 12.3. The Morgan fingerprint density at radius 2 is 2.05 bits per heavy atom. The van der Waals surface area contributed by atoms with Crippen molar-refractivity contribution in [3.05, 3.63) is 42.5 Å². The molecule has 0 aliphatic carbocycles. The van der Waals surface area contributed by atoms with Crippen LogP contribution in [0, 0.1) is 0 Å². The van der Waals surface area contributed by atoms with Gasteiger partial charge in [-0.15, -0.1) is 0 Å². The average molecular weight is 281 g/mol. The fourth-order valence-electron chi connectivity index (χ4n) is 2.43. The summed E-state index contributed by atoms with van der Waals surface area (Å²) in [4.78, 5) is 4.72. The second-order valence-corrected chi connectivity index (χ2v) is 5.12. The molecule has 2 N–H and O–H groups in total. The van der Waals surface area contributed by atoms with E-state index in [0.29, 0.717) is 0 Å². The van der Waals surface area contributed by atoms with Crippen molar-refractivity contribution in [1.29, 1.82) is 0 Å². The Kier molecular flexibility index (Phi) is 3.52. The number of nitrogens with zero attached hydrogens (tertiary/aromatic N) is 2. The van der Waals surface area contributed by atoms with Gasteiger partial charge in [-0.2, -0.15) is 0 Å². The monoisotopic (exact) mass is 281 g/mol. The molecule has 1 heterocycles. The Morgan fingerprint density at radius 1 is 1.19 bits per heavy atom. The van der Waals surface area contributed by atoms with Crippen LogP contribution in [0.2, 0.25) is 0 Å². The molecule has 0 atom stereocenters. The molecule has 21 heavy (non-hydrogen) atoms. The summed E-state index contributed by atoms with van der Waals surface area (Å²) in [6.07, 6.45) is 0.995. The van der Waals surface area contributed by atoms with Crippen LogP contribution in [0.4, 0.5) is 5.69 Å². The number of imidazole rings is 1. The summed E-state index contributed by atoms with van der Waals surface area (Å²) in [7, 11) is 2.01. The van der Waals surface area contributed by atoms with Gasteiger partial charge in [0.15, 0.2) is 0 Å². The first kappa shape index (κ1) is 13.5. The molecule has 0 amide bonds. The quantitative estimate of drug-likeness (QED) is 0.743. The summed E-state index contributed by atoms with van der Waals surface area (Å²) < 4.78 is 7.75. The molecule has 3 rings (SSSR count). The molecule has 0 saturated heterocycles. The van der Waals surface area contributed by atoms with Crippen LogP contribution in [-0.4, -0.2) is 16.2 Å². The van der Waals surface area contributed by atoms with E-state index < -0.39 is 0 Å². The third-order valence-corrected chi connectivity index (χ3v) is 3.47. The summed E-state index contributed by atoms with van der Waals surface area (Å²) >= 11 is 0. The molecular weight excluding hydrogens is 262 g/mol. The van der Waals surface area contributed by atoms with Crippen LogP contribution in [0.1, 0.15) is 13.3 Å². The zero-order valence-corrected chi connectivity index (χ0v) is 12.3. The molecule has 0 radical (unpaired) electrons. The predicted octanol–water partition coefficient (Wildman–Crippen LogP) is 3.61. The Bertz CT molecular complexity index is 777. The Hall–Kier alpha value is -2.49. The van der Waals surface area contributed by atoms with E-state index in [1.165, 1.54) is 0 Å². The van der Waals surface area contributed by atoms with Crippen LogP contribution >= 0.6 is 0 Å². The smallest absolute Gasteiger partial charge is 0.140 e. The minimum atomic E-state index is 0.723. The van der Waals surface area contributed by atoms with Crippen molar-refractivity contribution >= 4 is 16.7 Å². The van der Waals surface area contributed by atoms with Crippen LogP contribution in [0.25, 0.3) is 22.4 Å². The Balaban J connectivity index is 2.06. The van der Waals surface area contributed by atoms with Gasteiger partial charge in [0.25, 0.3) is 0 Å². The largest absolute Gasteiger partial charge is 0.494 e. The molecule has 0 spiro atoms. The van der Waals surface area contributed by atoms with E-state index in [1.807, 2.05) is 49.5 Å². The molecule has 108 valence electrons. The van der Waals surface area contributed by atoms with Crippen LogP contribution in [0.5, 0.6) is 5.75 Å². The fourth-order valence-corrected chi connectivity index (χ4v) is 2.43. The molecule has 0 aliphatic heterocycles. The van der Waals surface area contributed by atoms with E-state index in [0.717, 1.165) is 46.9 Å². The molecule has 0 bridgehead atoms. The number of anilines is 1. The van der Waals surface area contributed by atoms with Gasteiger partial charge in [0.05, 0.1) is 17.6 Å². The highest BCUT2D eigenvalue weighted by Gasteiger charge is 2.10. The SMILES string of the molecule is CCCOc1ccc2c(c1)nc(-c1cccc(N)c1)n2C. The third-order valence-electron chi connectivity index (χ3n) is 3.47. The van der Waals surface area contributed by atoms with Crippen LogP contribution in [-0.2, 0) is 7.05 Å². The summed E-state index contributed by atoms with van der Waals surface area (Å²) in [6.45, 7) is 2.82. The molecule has 0 aliphatic rings. The van der Waals surface area contributed by atoms with E-state index in [4.69, 9.17) is 15.5 Å². The first-order chi connectivity index (χ1) is 10.2. The van der Waals surface area contributed by atoms with Gasteiger partial charge in [-0.05, 0) is 30.7 Å². The standard InChI is InChI=1S/C17H19N3O/c1-3-9-21-14-7-8-16-15(11-14)19-17(20(16)2)12-5-4-6-13(18)10-12/h4-8,10-11H,3,9,18H2,1-2H3. The number of rotatable bonds is 4. The highest BCUT2D eigenvalue weighted by molar-refractivity contribution is 5.82. The van der Waals surface area contributed by atoms with Gasteiger partial charge in [-0.25, -0.2) is 4.98 Å². The number of benzene rings is 2. The molecule has 2 aromatic carbocycles. The van der Waals surface area contributed by atoms with Crippen LogP contribution in [0.15, 0.2) is 42.5 Å². The summed E-state index contributed by atoms with van der Waals surface area (Å²) in [5.74, 6) is 1.77. The van der Waals surface area contributed by atoms with E-state index in [9.17, 15) is 0 Å². The van der Waals surface area contributed by atoms with Gasteiger partial charge < -0.3 is 15.0 Å². The number of nitrogen functional groups attached to an aromatic ring is 1. The van der Waals surface area contributed by atoms with Crippen molar-refractivity contribution in [1.82, 2.24) is 9.55 Å². The van der Waals surface area contributed by atoms with Crippen molar-refractivity contribution < 1.29 is 4.74 Å². The molecule has 4 nitrogen and oxygen atoms in total. The van der Waals surface area contributed by atoms with E-state index >= 15 is 0 Å². The van der Waals surface area contributed by atoms with Crippen molar-refractivity contribution in [2.45, 2.75) is 13.3 Å². The Morgan fingerprint density at radius 3 is 2.81 bits per heavy atom. The van der Waals surface area contributed by atoms with Crippen LogP contribution in [0.3, 0.4) is 0 Å². The first-order valence-corrected chi connectivity index (χ1v) is 7.14. The molecule has 3 aromatic rings. The van der Waals surface area contributed by atoms with Crippen molar-refractivity contribution in [3.8, 4) is 17.1 Å². The van der Waals surface area contributed by atoms with Crippen molar-refractivity contribution in [2.75, 3.05) is 12.3 Å². The number of aromatic nitrogens is 2. The van der Waals surface area contributed by atoms with E-state index in [-0.39, 0.29) is 0 Å². The zero-order chi connectivity index (χ0) is 14.8. The first-order valence-electron chi connectivity index (χ1n) is 7.14. The maximum absolute atomic E-state index is 5.86. The highest BCUT2D eigenvalue weighted by Crippen LogP contribution is 2.27. The van der Waals surface area contributed by atoms with Gasteiger partial charge in [0.2, 0.25) is 0 Å². The summed E-state index contributed by atoms with van der Waals surface area (Å²) in [5.41, 5.74) is 9.64. The maximum Gasteiger partial charge on any atom is 0.140 e. The van der Waals surface area contributed by atoms with Gasteiger partial charge in [-0.1, -0.05) is 19.1 Å². The van der Waals surface area contributed by atoms with E-state index in [2.05, 4.69) is 11.5 Å². The summed E-state index contributed by atoms with van der Waals surface area (Å²) in [5, 5.41) is 0. The normalized spacial score (nSPS) is 11.0. The summed E-state index contributed by atoms with van der Waals surface area (Å²) in [6, 6.07) is 13.8. The van der Waals surface area contributed by atoms with E-state index in [1.54, 1.807) is 0 Å². The second kappa shape index (κ2) is 5.48. The van der Waals surface area contributed by atoms with Gasteiger partial charge in [0, 0.05) is 24.4 Å². The number of hydrogen-bond acceptors (Lipinski definition) is 3. The number of nitrogens with two attached hydrogens (primary N) is 1.